The summed E-state index contributed by atoms with van der Waals surface area (Å²) < 4.78 is 11.9. The van der Waals surface area contributed by atoms with Crippen molar-refractivity contribution in [1.29, 1.82) is 0 Å². The van der Waals surface area contributed by atoms with Gasteiger partial charge >= 0.3 is 5.97 Å². The molecule has 20 heavy (non-hydrogen) atoms. The second-order valence-corrected chi connectivity index (χ2v) is 6.04. The molecule has 4 nitrogen and oxygen atoms in total. The molecule has 0 aromatic heterocycles. The molecule has 0 saturated heterocycles. The lowest BCUT2D eigenvalue weighted by atomic mass is 9.89. The van der Waals surface area contributed by atoms with Gasteiger partial charge in [-0.15, -0.1) is 0 Å². The molecule has 1 aromatic rings. The van der Waals surface area contributed by atoms with Crippen molar-refractivity contribution in [1.82, 2.24) is 0 Å². The maximum atomic E-state index is 11.1. The van der Waals surface area contributed by atoms with Gasteiger partial charge in [-0.25, -0.2) is 0 Å². The Kier molecular flexibility index (Phi) is 4.58. The Bertz CT molecular complexity index is 523. The third-order valence-corrected chi connectivity index (χ3v) is 4.67. The minimum Gasteiger partial charge on any atom is -0.493 e. The molecule has 1 aliphatic rings. The van der Waals surface area contributed by atoms with Gasteiger partial charge in [0.25, 0.3) is 0 Å². The molecular weight excluding hydrogens is 324 g/mol. The van der Waals surface area contributed by atoms with E-state index < -0.39 is 5.97 Å². The van der Waals surface area contributed by atoms with Gasteiger partial charge in [0, 0.05) is 21.5 Å². The van der Waals surface area contributed by atoms with Crippen LogP contribution in [0.25, 0.3) is 0 Å². The van der Waals surface area contributed by atoms with Crippen molar-refractivity contribution in [2.75, 3.05) is 14.2 Å². The molecule has 1 N–H and O–H groups in total. The second kappa shape index (κ2) is 6.04. The Morgan fingerprint density at radius 3 is 2.45 bits per heavy atom. The number of hydrogen-bond donors (Lipinski definition) is 1. The number of methoxy groups -OCH3 is 2. The van der Waals surface area contributed by atoms with Crippen LogP contribution in [0.5, 0.6) is 11.5 Å². The Morgan fingerprint density at radius 1 is 1.40 bits per heavy atom. The van der Waals surface area contributed by atoms with Crippen LogP contribution < -0.4 is 9.47 Å². The van der Waals surface area contributed by atoms with Gasteiger partial charge in [0.1, 0.15) is 0 Å². The predicted molar refractivity (Wildman–Crippen MR) is 79.7 cm³/mol. The van der Waals surface area contributed by atoms with Crippen molar-refractivity contribution >= 4 is 21.9 Å². The third-order valence-electron chi connectivity index (χ3n) is 3.84. The standard InChI is InChI=1S/C15H19BrO4/c1-8-12(16)6-11(15(20-3)14(8)19-2)10(7-13(17)18)9-4-5-9/h6,9-10H,4-5,7H2,1-3H3,(H,17,18). The number of carboxylic acids is 1. The first kappa shape index (κ1) is 15.2. The molecule has 5 heteroatoms. The van der Waals surface area contributed by atoms with E-state index in [0.29, 0.717) is 17.4 Å². The number of rotatable bonds is 6. The number of aliphatic carboxylic acids is 1. The number of ether oxygens (including phenoxy) is 2. The molecule has 110 valence electrons. The highest BCUT2D eigenvalue weighted by Gasteiger charge is 2.36. The molecule has 2 rings (SSSR count). The highest BCUT2D eigenvalue weighted by Crippen LogP contribution is 2.50. The van der Waals surface area contributed by atoms with E-state index in [1.807, 2.05) is 13.0 Å². The molecule has 1 atom stereocenters. The van der Waals surface area contributed by atoms with E-state index in [1.54, 1.807) is 14.2 Å². The first-order valence-corrected chi connectivity index (χ1v) is 7.41. The Hall–Kier alpha value is -1.23. The first-order chi connectivity index (χ1) is 9.49. The van der Waals surface area contributed by atoms with Gasteiger partial charge in [-0.1, -0.05) is 15.9 Å². The van der Waals surface area contributed by atoms with Gasteiger partial charge in [-0.3, -0.25) is 4.79 Å². The third kappa shape index (κ3) is 2.92. The minimum atomic E-state index is -0.778. The molecular formula is C15H19BrO4. The van der Waals surface area contributed by atoms with Crippen LogP contribution in [-0.2, 0) is 4.79 Å². The fourth-order valence-electron chi connectivity index (χ4n) is 2.67. The number of benzene rings is 1. The van der Waals surface area contributed by atoms with Crippen LogP contribution in [0.1, 0.15) is 36.3 Å². The normalized spacial score (nSPS) is 15.8. The first-order valence-electron chi connectivity index (χ1n) is 6.62. The zero-order valence-electron chi connectivity index (χ0n) is 11.9. The van der Waals surface area contributed by atoms with E-state index in [-0.39, 0.29) is 12.3 Å². The van der Waals surface area contributed by atoms with E-state index in [2.05, 4.69) is 15.9 Å². The quantitative estimate of drug-likeness (QED) is 0.855. The Labute approximate surface area is 127 Å². The molecule has 0 heterocycles. The van der Waals surface area contributed by atoms with Crippen molar-refractivity contribution in [2.45, 2.75) is 32.1 Å². The second-order valence-electron chi connectivity index (χ2n) is 5.18. The molecule has 1 fully saturated rings. The molecule has 1 aliphatic carbocycles. The van der Waals surface area contributed by atoms with Crippen molar-refractivity contribution in [3.05, 3.63) is 21.7 Å². The maximum Gasteiger partial charge on any atom is 0.303 e. The Balaban J connectivity index is 2.52. The lowest BCUT2D eigenvalue weighted by molar-refractivity contribution is -0.137. The van der Waals surface area contributed by atoms with E-state index in [9.17, 15) is 4.79 Å². The number of hydrogen-bond acceptors (Lipinski definition) is 3. The van der Waals surface area contributed by atoms with Crippen molar-refractivity contribution in [3.8, 4) is 11.5 Å². The van der Waals surface area contributed by atoms with E-state index >= 15 is 0 Å². The Morgan fingerprint density at radius 2 is 2.00 bits per heavy atom. The predicted octanol–water partition coefficient (Wildman–Crippen LogP) is 3.74. The van der Waals surface area contributed by atoms with Gasteiger partial charge in [0.05, 0.1) is 20.6 Å². The summed E-state index contributed by atoms with van der Waals surface area (Å²) in [5.74, 6) is 0.964. The molecule has 0 bridgehead atoms. The van der Waals surface area contributed by atoms with Crippen LogP contribution in [0.15, 0.2) is 10.5 Å². The average Bonchev–Trinajstić information content (AvgIpc) is 3.22. The molecule has 0 radical (unpaired) electrons. The van der Waals surface area contributed by atoms with E-state index in [4.69, 9.17) is 14.6 Å². The lowest BCUT2D eigenvalue weighted by Gasteiger charge is -2.22. The van der Waals surface area contributed by atoms with Gasteiger partial charge < -0.3 is 14.6 Å². The fourth-order valence-corrected chi connectivity index (χ4v) is 3.10. The van der Waals surface area contributed by atoms with Crippen molar-refractivity contribution in [2.24, 2.45) is 5.92 Å². The summed E-state index contributed by atoms with van der Waals surface area (Å²) in [5, 5.41) is 9.15. The van der Waals surface area contributed by atoms with Gasteiger partial charge in [0.2, 0.25) is 0 Å². The van der Waals surface area contributed by atoms with Crippen LogP contribution >= 0.6 is 15.9 Å². The van der Waals surface area contributed by atoms with Crippen LogP contribution in [0.4, 0.5) is 0 Å². The minimum absolute atomic E-state index is 0.0201. The van der Waals surface area contributed by atoms with Gasteiger partial charge in [-0.05, 0) is 31.7 Å². The summed E-state index contributed by atoms with van der Waals surface area (Å²) in [6.07, 6.45) is 2.28. The summed E-state index contributed by atoms with van der Waals surface area (Å²) in [5.41, 5.74) is 1.88. The summed E-state index contributed by atoms with van der Waals surface area (Å²) in [4.78, 5) is 11.1. The monoisotopic (exact) mass is 342 g/mol. The molecule has 1 saturated carbocycles. The SMILES string of the molecule is COc1c(C(CC(=O)O)C2CC2)cc(Br)c(C)c1OC. The molecule has 1 aromatic carbocycles. The summed E-state index contributed by atoms with van der Waals surface area (Å²) >= 11 is 3.52. The number of carbonyl (C=O) groups is 1. The highest BCUT2D eigenvalue weighted by molar-refractivity contribution is 9.10. The topological polar surface area (TPSA) is 55.8 Å². The average molecular weight is 343 g/mol. The van der Waals surface area contributed by atoms with Crippen LogP contribution in [0.3, 0.4) is 0 Å². The molecule has 0 spiro atoms. The molecule has 1 unspecified atom stereocenters. The lowest BCUT2D eigenvalue weighted by Crippen LogP contribution is -2.11. The fraction of sp³-hybridized carbons (Fsp3) is 0.533. The smallest absolute Gasteiger partial charge is 0.303 e. The van der Waals surface area contributed by atoms with Crippen LogP contribution in [-0.4, -0.2) is 25.3 Å². The highest BCUT2D eigenvalue weighted by atomic mass is 79.9. The maximum absolute atomic E-state index is 11.1. The van der Waals surface area contributed by atoms with Crippen molar-refractivity contribution < 1.29 is 19.4 Å². The van der Waals surface area contributed by atoms with Crippen molar-refractivity contribution in [3.63, 3.8) is 0 Å². The van der Waals surface area contributed by atoms with Gasteiger partial charge in [-0.2, -0.15) is 0 Å². The number of carboxylic acid groups (broad SMARTS) is 1. The zero-order chi connectivity index (χ0) is 14.9. The van der Waals surface area contributed by atoms with Crippen LogP contribution in [0, 0.1) is 12.8 Å². The molecule has 0 amide bonds. The largest absolute Gasteiger partial charge is 0.493 e. The molecule has 0 aliphatic heterocycles. The zero-order valence-corrected chi connectivity index (χ0v) is 13.5. The summed E-state index contributed by atoms with van der Waals surface area (Å²) in [6.45, 7) is 1.94. The summed E-state index contributed by atoms with van der Waals surface area (Å²) in [6, 6.07) is 1.97. The van der Waals surface area contributed by atoms with Gasteiger partial charge in [0.15, 0.2) is 11.5 Å². The van der Waals surface area contributed by atoms with E-state index in [1.165, 1.54) is 0 Å². The number of halogens is 1. The summed E-state index contributed by atoms with van der Waals surface area (Å²) in [7, 11) is 3.20. The van der Waals surface area contributed by atoms with Crippen LogP contribution in [0.2, 0.25) is 0 Å². The van der Waals surface area contributed by atoms with E-state index in [0.717, 1.165) is 28.4 Å².